The summed E-state index contributed by atoms with van der Waals surface area (Å²) in [5.41, 5.74) is 3.67. The number of pyridine rings is 2. The highest BCUT2D eigenvalue weighted by atomic mass is 35.5. The van der Waals surface area contributed by atoms with Gasteiger partial charge in [-0.2, -0.15) is 0 Å². The molecule has 0 amide bonds. The number of nitrogens with zero attached hydrogens (tertiary/aromatic N) is 2. The molecule has 24 heavy (non-hydrogen) atoms. The van der Waals surface area contributed by atoms with Crippen molar-refractivity contribution in [2.75, 3.05) is 0 Å². The predicted molar refractivity (Wildman–Crippen MR) is 101 cm³/mol. The monoisotopic (exact) mass is 338 g/mol. The van der Waals surface area contributed by atoms with Gasteiger partial charge in [-0.3, -0.25) is 9.36 Å². The molecule has 4 heteroatoms. The lowest BCUT2D eigenvalue weighted by atomic mass is 9.97. The first-order valence-electron chi connectivity index (χ1n) is 7.86. The van der Waals surface area contributed by atoms with Crippen LogP contribution in [0.4, 0.5) is 0 Å². The smallest absolute Gasteiger partial charge is 0.266 e. The van der Waals surface area contributed by atoms with Gasteiger partial charge < -0.3 is 0 Å². The fourth-order valence-electron chi connectivity index (χ4n) is 2.82. The fraction of sp³-hybridized carbons (Fsp3) is 0.200. The largest absolute Gasteiger partial charge is 0.281 e. The number of fused-ring (bicyclic) bond motifs is 1. The molecule has 122 valence electrons. The van der Waals surface area contributed by atoms with E-state index < -0.39 is 0 Å². The van der Waals surface area contributed by atoms with Crippen molar-refractivity contribution in [1.29, 1.82) is 0 Å². The van der Waals surface area contributed by atoms with Crippen molar-refractivity contribution < 1.29 is 0 Å². The molecule has 0 aliphatic carbocycles. The summed E-state index contributed by atoms with van der Waals surface area (Å²) in [6, 6.07) is 11.6. The minimum absolute atomic E-state index is 0.154. The van der Waals surface area contributed by atoms with Crippen molar-refractivity contribution >= 4 is 27.9 Å². The van der Waals surface area contributed by atoms with E-state index in [1.807, 2.05) is 37.3 Å². The standard InChI is InChI=1S/C20H19ClN2O/c1-12(2)14(4)15-5-7-17(8-6-15)23-13(3)11-16-9-10-22-19(21)18(16)20(23)24/h5-12H,4H2,1-3H3. The van der Waals surface area contributed by atoms with Gasteiger partial charge in [0.1, 0.15) is 5.15 Å². The average Bonchev–Trinajstić information content (AvgIpc) is 2.54. The number of hydrogen-bond acceptors (Lipinski definition) is 2. The topological polar surface area (TPSA) is 34.9 Å². The molecule has 0 saturated heterocycles. The van der Waals surface area contributed by atoms with Crippen LogP contribution in [0.5, 0.6) is 0 Å². The Kier molecular flexibility index (Phi) is 4.29. The van der Waals surface area contributed by atoms with Gasteiger partial charge in [0, 0.05) is 17.6 Å². The molecule has 2 heterocycles. The summed E-state index contributed by atoms with van der Waals surface area (Å²) in [5.74, 6) is 0.380. The van der Waals surface area contributed by atoms with E-state index in [2.05, 4.69) is 25.4 Å². The summed E-state index contributed by atoms with van der Waals surface area (Å²) < 4.78 is 1.66. The van der Waals surface area contributed by atoms with Gasteiger partial charge in [0.25, 0.3) is 5.56 Å². The van der Waals surface area contributed by atoms with Crippen molar-refractivity contribution in [3.63, 3.8) is 0 Å². The predicted octanol–water partition coefficient (Wildman–Crippen LogP) is 5.02. The van der Waals surface area contributed by atoms with E-state index in [9.17, 15) is 4.79 Å². The van der Waals surface area contributed by atoms with Crippen LogP contribution in [0.1, 0.15) is 25.1 Å². The van der Waals surface area contributed by atoms with Crippen molar-refractivity contribution in [3.8, 4) is 5.69 Å². The van der Waals surface area contributed by atoms with E-state index in [-0.39, 0.29) is 10.7 Å². The van der Waals surface area contributed by atoms with E-state index in [1.54, 1.807) is 16.8 Å². The lowest BCUT2D eigenvalue weighted by Gasteiger charge is -2.14. The van der Waals surface area contributed by atoms with Gasteiger partial charge in [0.05, 0.1) is 5.39 Å². The molecule has 0 radical (unpaired) electrons. The van der Waals surface area contributed by atoms with E-state index in [4.69, 9.17) is 11.6 Å². The van der Waals surface area contributed by atoms with Gasteiger partial charge in [0.15, 0.2) is 0 Å². The highest BCUT2D eigenvalue weighted by Crippen LogP contribution is 2.24. The summed E-state index contributed by atoms with van der Waals surface area (Å²) in [5, 5.41) is 1.48. The molecule has 3 rings (SSSR count). The third-order valence-corrected chi connectivity index (χ3v) is 4.55. The summed E-state index contributed by atoms with van der Waals surface area (Å²) in [6.45, 7) is 10.3. The number of aryl methyl sites for hydroxylation is 1. The highest BCUT2D eigenvalue weighted by Gasteiger charge is 2.12. The average molecular weight is 339 g/mol. The van der Waals surface area contributed by atoms with Crippen LogP contribution in [0.3, 0.4) is 0 Å². The zero-order valence-electron chi connectivity index (χ0n) is 14.0. The number of aromatic nitrogens is 2. The maximum atomic E-state index is 12.9. The third kappa shape index (κ3) is 2.76. The van der Waals surface area contributed by atoms with Gasteiger partial charge in [0.2, 0.25) is 0 Å². The second-order valence-corrected chi connectivity index (χ2v) is 6.58. The van der Waals surface area contributed by atoms with Crippen LogP contribution >= 0.6 is 11.6 Å². The summed E-state index contributed by atoms with van der Waals surface area (Å²) in [7, 11) is 0. The van der Waals surface area contributed by atoms with E-state index in [0.29, 0.717) is 11.3 Å². The first-order chi connectivity index (χ1) is 11.4. The molecule has 3 nitrogen and oxygen atoms in total. The zero-order chi connectivity index (χ0) is 17.4. The molecule has 2 aromatic heterocycles. The van der Waals surface area contributed by atoms with Gasteiger partial charge in [-0.1, -0.05) is 44.2 Å². The Labute approximate surface area is 146 Å². The highest BCUT2D eigenvalue weighted by molar-refractivity contribution is 6.34. The molecular formula is C20H19ClN2O. The molecule has 0 spiro atoms. The maximum Gasteiger partial charge on any atom is 0.266 e. The van der Waals surface area contributed by atoms with Gasteiger partial charge in [-0.25, -0.2) is 4.98 Å². The Morgan fingerprint density at radius 3 is 2.50 bits per heavy atom. The van der Waals surface area contributed by atoms with Crippen LogP contribution in [-0.4, -0.2) is 9.55 Å². The van der Waals surface area contributed by atoms with Crippen LogP contribution in [0.15, 0.2) is 54.0 Å². The Morgan fingerprint density at radius 2 is 1.88 bits per heavy atom. The first kappa shape index (κ1) is 16.5. The number of hydrogen-bond donors (Lipinski definition) is 0. The van der Waals surface area contributed by atoms with Crippen LogP contribution in [0.25, 0.3) is 22.0 Å². The second kappa shape index (κ2) is 6.25. The molecule has 0 fully saturated rings. The molecule has 0 saturated carbocycles. The number of rotatable bonds is 3. The van der Waals surface area contributed by atoms with Crippen molar-refractivity contribution in [2.24, 2.45) is 5.92 Å². The third-order valence-electron chi connectivity index (χ3n) is 4.26. The molecule has 0 aliphatic rings. The Morgan fingerprint density at radius 1 is 1.21 bits per heavy atom. The van der Waals surface area contributed by atoms with Crippen LogP contribution in [0.2, 0.25) is 5.15 Å². The molecule has 3 aromatic rings. The first-order valence-corrected chi connectivity index (χ1v) is 8.24. The Hall–Kier alpha value is -2.39. The summed E-state index contributed by atoms with van der Waals surface area (Å²) in [4.78, 5) is 16.9. The summed E-state index contributed by atoms with van der Waals surface area (Å²) in [6.07, 6.45) is 1.61. The SMILES string of the molecule is C=C(c1ccc(-n2c(C)cc3ccnc(Cl)c3c2=O)cc1)C(C)C. The molecule has 1 aromatic carbocycles. The maximum absolute atomic E-state index is 12.9. The van der Waals surface area contributed by atoms with Crippen molar-refractivity contribution in [3.05, 3.63) is 75.9 Å². The van der Waals surface area contributed by atoms with E-state index in [1.165, 1.54) is 0 Å². The van der Waals surface area contributed by atoms with Gasteiger partial charge >= 0.3 is 0 Å². The number of halogens is 1. The van der Waals surface area contributed by atoms with Gasteiger partial charge in [-0.05, 0) is 53.6 Å². The normalized spacial score (nSPS) is 11.2. The fourth-order valence-corrected chi connectivity index (χ4v) is 3.07. The molecule has 0 aliphatic heterocycles. The molecule has 0 N–H and O–H groups in total. The van der Waals surface area contributed by atoms with Crippen LogP contribution < -0.4 is 5.56 Å². The number of benzene rings is 1. The Balaban J connectivity index is 2.18. The lowest BCUT2D eigenvalue weighted by Crippen LogP contribution is -2.21. The van der Waals surface area contributed by atoms with E-state index >= 15 is 0 Å². The molecule has 0 unspecified atom stereocenters. The van der Waals surface area contributed by atoms with Crippen molar-refractivity contribution in [2.45, 2.75) is 20.8 Å². The zero-order valence-corrected chi connectivity index (χ0v) is 14.8. The minimum atomic E-state index is -0.154. The molecule has 0 bridgehead atoms. The number of allylic oxidation sites excluding steroid dienone is 1. The summed E-state index contributed by atoms with van der Waals surface area (Å²) >= 11 is 6.14. The van der Waals surface area contributed by atoms with E-state index in [0.717, 1.165) is 27.9 Å². The van der Waals surface area contributed by atoms with Crippen LogP contribution in [0, 0.1) is 12.8 Å². The molecule has 0 atom stereocenters. The lowest BCUT2D eigenvalue weighted by molar-refractivity contribution is 0.857. The quantitative estimate of drug-likeness (QED) is 0.629. The van der Waals surface area contributed by atoms with Crippen LogP contribution in [-0.2, 0) is 0 Å². The minimum Gasteiger partial charge on any atom is -0.281 e. The van der Waals surface area contributed by atoms with Crippen molar-refractivity contribution in [1.82, 2.24) is 9.55 Å². The molecular weight excluding hydrogens is 320 g/mol. The Bertz CT molecular complexity index is 985. The second-order valence-electron chi connectivity index (χ2n) is 6.22. The van der Waals surface area contributed by atoms with Gasteiger partial charge in [-0.15, -0.1) is 0 Å².